The van der Waals surface area contributed by atoms with Crippen molar-refractivity contribution in [2.75, 3.05) is 11.9 Å². The highest BCUT2D eigenvalue weighted by atomic mass is 32.1. The molecule has 3 aromatic rings. The first-order valence-corrected chi connectivity index (χ1v) is 10.1. The van der Waals surface area contributed by atoms with Crippen LogP contribution in [0.15, 0.2) is 72.8 Å². The number of rotatable bonds is 7. The molecule has 0 saturated carbocycles. The molecule has 0 fully saturated rings. The molecule has 0 aliphatic rings. The van der Waals surface area contributed by atoms with Gasteiger partial charge in [-0.1, -0.05) is 55.8 Å². The number of unbranched alkanes of at least 4 members (excludes halogenated alkanes) is 1. The molecule has 29 heavy (non-hydrogen) atoms. The van der Waals surface area contributed by atoms with Crippen LogP contribution in [0.5, 0.6) is 5.75 Å². The third-order valence-corrected chi connectivity index (χ3v) is 4.56. The Hall–Kier alpha value is -3.18. The summed E-state index contributed by atoms with van der Waals surface area (Å²) < 4.78 is 5.64. The van der Waals surface area contributed by atoms with Gasteiger partial charge in [-0.15, -0.1) is 0 Å². The first-order valence-electron chi connectivity index (χ1n) is 9.66. The number of ether oxygens (including phenoxy) is 1. The molecule has 0 unspecified atom stereocenters. The Morgan fingerprint density at radius 2 is 1.79 bits per heavy atom. The van der Waals surface area contributed by atoms with Crippen molar-refractivity contribution in [2.45, 2.75) is 19.8 Å². The zero-order valence-corrected chi connectivity index (χ0v) is 17.2. The van der Waals surface area contributed by atoms with Crippen LogP contribution in [-0.2, 0) is 4.79 Å². The van der Waals surface area contributed by atoms with E-state index in [0.717, 1.165) is 40.6 Å². The van der Waals surface area contributed by atoms with Crippen molar-refractivity contribution in [3.05, 3.63) is 78.4 Å². The van der Waals surface area contributed by atoms with Gasteiger partial charge >= 0.3 is 0 Å². The summed E-state index contributed by atoms with van der Waals surface area (Å²) in [7, 11) is 0. The van der Waals surface area contributed by atoms with Crippen molar-refractivity contribution in [3.8, 4) is 5.75 Å². The van der Waals surface area contributed by atoms with E-state index in [4.69, 9.17) is 17.0 Å². The molecule has 1 amide bonds. The van der Waals surface area contributed by atoms with Gasteiger partial charge in [0.05, 0.1) is 6.61 Å². The van der Waals surface area contributed by atoms with E-state index in [9.17, 15) is 4.79 Å². The molecule has 0 aliphatic heterocycles. The standard InChI is InChI=1S/C24H24N2O2S/c1-2-3-17-28-21-14-12-20(13-15-21)25-24(29)26-23(27)16-11-19-9-6-8-18-7-4-5-10-22(18)19/h4-16H,2-3,17H2,1H3,(H2,25,26,27,29)/b16-11+. The quantitative estimate of drug-likeness (QED) is 0.308. The molecule has 2 N–H and O–H groups in total. The molecule has 0 bridgehead atoms. The predicted octanol–water partition coefficient (Wildman–Crippen LogP) is 5.55. The Labute approximate surface area is 176 Å². The first kappa shape index (κ1) is 20.6. The molecule has 3 aromatic carbocycles. The predicted molar refractivity (Wildman–Crippen MR) is 124 cm³/mol. The number of anilines is 1. The van der Waals surface area contributed by atoms with Crippen molar-refractivity contribution in [1.29, 1.82) is 0 Å². The van der Waals surface area contributed by atoms with Gasteiger partial charge in [0.25, 0.3) is 0 Å². The lowest BCUT2D eigenvalue weighted by Gasteiger charge is -2.10. The molecule has 0 spiro atoms. The van der Waals surface area contributed by atoms with Crippen molar-refractivity contribution in [1.82, 2.24) is 5.32 Å². The van der Waals surface area contributed by atoms with E-state index >= 15 is 0 Å². The number of hydrogen-bond acceptors (Lipinski definition) is 3. The highest BCUT2D eigenvalue weighted by Crippen LogP contribution is 2.19. The highest BCUT2D eigenvalue weighted by molar-refractivity contribution is 7.80. The molecule has 4 nitrogen and oxygen atoms in total. The van der Waals surface area contributed by atoms with E-state index in [1.54, 1.807) is 6.08 Å². The lowest BCUT2D eigenvalue weighted by molar-refractivity contribution is -0.115. The number of nitrogens with one attached hydrogen (secondary N) is 2. The molecule has 0 saturated heterocycles. The summed E-state index contributed by atoms with van der Waals surface area (Å²) in [5, 5.41) is 8.15. The second-order valence-corrected chi connectivity index (χ2v) is 6.98. The Balaban J connectivity index is 1.54. The topological polar surface area (TPSA) is 50.4 Å². The van der Waals surface area contributed by atoms with Crippen LogP contribution in [0.25, 0.3) is 16.8 Å². The van der Waals surface area contributed by atoms with Crippen molar-refractivity contribution < 1.29 is 9.53 Å². The lowest BCUT2D eigenvalue weighted by Crippen LogP contribution is -2.32. The van der Waals surface area contributed by atoms with Crippen LogP contribution in [0.2, 0.25) is 0 Å². The van der Waals surface area contributed by atoms with Crippen molar-refractivity contribution in [2.24, 2.45) is 0 Å². The Bertz CT molecular complexity index is 1010. The number of thiocarbonyl (C=S) groups is 1. The summed E-state index contributed by atoms with van der Waals surface area (Å²) in [6.45, 7) is 2.84. The van der Waals surface area contributed by atoms with Gasteiger partial charge in [0.15, 0.2) is 5.11 Å². The van der Waals surface area contributed by atoms with E-state index in [0.29, 0.717) is 6.61 Å². The minimum absolute atomic E-state index is 0.247. The van der Waals surface area contributed by atoms with Crippen molar-refractivity contribution in [3.63, 3.8) is 0 Å². The molecular formula is C24H24N2O2S. The third kappa shape index (κ3) is 6.16. The van der Waals surface area contributed by atoms with Crippen LogP contribution in [0.4, 0.5) is 5.69 Å². The maximum absolute atomic E-state index is 12.2. The maximum atomic E-state index is 12.2. The number of carbonyl (C=O) groups is 1. The number of benzene rings is 3. The Morgan fingerprint density at radius 1 is 1.03 bits per heavy atom. The van der Waals surface area contributed by atoms with Gasteiger partial charge < -0.3 is 10.1 Å². The van der Waals surface area contributed by atoms with Gasteiger partial charge in [0.1, 0.15) is 5.75 Å². The smallest absolute Gasteiger partial charge is 0.250 e. The number of carbonyl (C=O) groups excluding carboxylic acids is 1. The van der Waals surface area contributed by atoms with E-state index in [-0.39, 0.29) is 11.0 Å². The minimum Gasteiger partial charge on any atom is -0.494 e. The number of hydrogen-bond donors (Lipinski definition) is 2. The number of amides is 1. The Kier molecular flexibility index (Phi) is 7.36. The van der Waals surface area contributed by atoms with Crippen LogP contribution in [-0.4, -0.2) is 17.6 Å². The van der Waals surface area contributed by atoms with Gasteiger partial charge in [-0.05, 0) is 65.3 Å². The summed E-state index contributed by atoms with van der Waals surface area (Å²) in [6.07, 6.45) is 5.41. The summed E-state index contributed by atoms with van der Waals surface area (Å²) in [6, 6.07) is 21.6. The summed E-state index contributed by atoms with van der Waals surface area (Å²) in [5.74, 6) is 0.534. The summed E-state index contributed by atoms with van der Waals surface area (Å²) in [5.41, 5.74) is 1.77. The molecule has 0 aromatic heterocycles. The zero-order valence-electron chi connectivity index (χ0n) is 16.4. The SMILES string of the molecule is CCCCOc1ccc(NC(=S)NC(=O)/C=C/c2cccc3ccccc23)cc1. The first-order chi connectivity index (χ1) is 14.2. The highest BCUT2D eigenvalue weighted by Gasteiger charge is 2.03. The average Bonchev–Trinajstić information content (AvgIpc) is 2.73. The summed E-state index contributed by atoms with van der Waals surface area (Å²) >= 11 is 5.23. The van der Waals surface area contributed by atoms with Crippen LogP contribution in [0.1, 0.15) is 25.3 Å². The lowest BCUT2D eigenvalue weighted by atomic mass is 10.0. The fourth-order valence-corrected chi connectivity index (χ4v) is 3.06. The molecule has 5 heteroatoms. The molecule has 0 aliphatic carbocycles. The van der Waals surface area contributed by atoms with Gasteiger partial charge in [0, 0.05) is 11.8 Å². The van der Waals surface area contributed by atoms with Gasteiger partial charge in [0.2, 0.25) is 5.91 Å². The van der Waals surface area contributed by atoms with Crippen molar-refractivity contribution >= 4 is 45.8 Å². The molecule has 0 radical (unpaired) electrons. The molecule has 148 valence electrons. The van der Waals surface area contributed by atoms with Gasteiger partial charge in [-0.2, -0.15) is 0 Å². The van der Waals surface area contributed by atoms with Gasteiger partial charge in [-0.25, -0.2) is 0 Å². The van der Waals surface area contributed by atoms with Crippen LogP contribution < -0.4 is 15.4 Å². The Morgan fingerprint density at radius 3 is 2.59 bits per heavy atom. The minimum atomic E-state index is -0.282. The van der Waals surface area contributed by atoms with Crippen LogP contribution in [0.3, 0.4) is 0 Å². The van der Waals surface area contributed by atoms with E-state index in [2.05, 4.69) is 17.6 Å². The van der Waals surface area contributed by atoms with E-state index < -0.39 is 0 Å². The number of fused-ring (bicyclic) bond motifs is 1. The summed E-state index contributed by atoms with van der Waals surface area (Å²) in [4.78, 5) is 12.2. The van der Waals surface area contributed by atoms with Crippen LogP contribution in [0, 0.1) is 0 Å². The van der Waals surface area contributed by atoms with E-state index in [1.807, 2.05) is 66.7 Å². The molecule has 0 atom stereocenters. The van der Waals surface area contributed by atoms with Gasteiger partial charge in [-0.3, -0.25) is 10.1 Å². The second kappa shape index (κ2) is 10.4. The molecule has 3 rings (SSSR count). The average molecular weight is 405 g/mol. The normalized spacial score (nSPS) is 10.8. The fourth-order valence-electron chi connectivity index (χ4n) is 2.85. The zero-order chi connectivity index (χ0) is 20.5. The van der Waals surface area contributed by atoms with Crippen LogP contribution >= 0.6 is 12.2 Å². The maximum Gasteiger partial charge on any atom is 0.250 e. The fraction of sp³-hybridized carbons (Fsp3) is 0.167. The molecular weight excluding hydrogens is 380 g/mol. The third-order valence-electron chi connectivity index (χ3n) is 4.35. The monoisotopic (exact) mass is 404 g/mol. The second-order valence-electron chi connectivity index (χ2n) is 6.57. The largest absolute Gasteiger partial charge is 0.494 e. The van der Waals surface area contributed by atoms with E-state index in [1.165, 1.54) is 6.08 Å². The molecule has 0 heterocycles.